The topological polar surface area (TPSA) is 53.4 Å². The minimum absolute atomic E-state index is 0.110. The van der Waals surface area contributed by atoms with Crippen LogP contribution in [0, 0.1) is 0 Å². The number of aromatic nitrogens is 1. The number of carboxylic acid groups (broad SMARTS) is 1. The summed E-state index contributed by atoms with van der Waals surface area (Å²) in [6, 6.07) is 4.00. The van der Waals surface area contributed by atoms with Crippen LogP contribution < -0.4 is 0 Å². The Morgan fingerprint density at radius 1 is 1.59 bits per heavy atom. The Balaban J connectivity index is 2.68. The molecule has 4 nitrogen and oxygen atoms in total. The first-order chi connectivity index (χ1) is 8.04. The van der Waals surface area contributed by atoms with E-state index in [4.69, 9.17) is 5.11 Å². The maximum atomic E-state index is 10.8. The molecule has 1 N–H and O–H groups in total. The van der Waals surface area contributed by atoms with Gasteiger partial charge in [0.25, 0.3) is 0 Å². The molecule has 0 fully saturated rings. The molecule has 1 unspecified atom stereocenters. The summed E-state index contributed by atoms with van der Waals surface area (Å²) >= 11 is 0. The second kappa shape index (κ2) is 6.35. The summed E-state index contributed by atoms with van der Waals surface area (Å²) in [6.07, 6.45) is 3.85. The van der Waals surface area contributed by atoms with Gasteiger partial charge in [0.2, 0.25) is 0 Å². The van der Waals surface area contributed by atoms with Crippen LogP contribution in [0.15, 0.2) is 18.3 Å². The van der Waals surface area contributed by atoms with Gasteiger partial charge in [0.15, 0.2) is 0 Å². The van der Waals surface area contributed by atoms with E-state index in [0.29, 0.717) is 6.04 Å². The number of carboxylic acids is 1. The third-order valence-electron chi connectivity index (χ3n) is 2.93. The summed E-state index contributed by atoms with van der Waals surface area (Å²) in [6.45, 7) is 5.10. The van der Waals surface area contributed by atoms with Crippen LogP contribution in [0.4, 0.5) is 0 Å². The number of hydrogen-bond acceptors (Lipinski definition) is 3. The summed E-state index contributed by atoms with van der Waals surface area (Å²) in [5.41, 5.74) is 1.10. The first kappa shape index (κ1) is 13.6. The van der Waals surface area contributed by atoms with Crippen LogP contribution in [0.1, 0.15) is 42.7 Å². The molecule has 0 aliphatic heterocycles. The Labute approximate surface area is 102 Å². The second-order valence-electron chi connectivity index (χ2n) is 4.41. The largest absolute Gasteiger partial charge is 0.477 e. The predicted octanol–water partition coefficient (Wildman–Crippen LogP) is 2.40. The van der Waals surface area contributed by atoms with E-state index in [-0.39, 0.29) is 5.69 Å². The normalized spacial score (nSPS) is 12.7. The maximum absolute atomic E-state index is 10.8. The van der Waals surface area contributed by atoms with E-state index in [1.165, 1.54) is 0 Å². The fraction of sp³-hybridized carbons (Fsp3) is 0.538. The van der Waals surface area contributed by atoms with Crippen molar-refractivity contribution in [2.75, 3.05) is 7.05 Å². The lowest BCUT2D eigenvalue weighted by Crippen LogP contribution is -2.28. The van der Waals surface area contributed by atoms with Crippen molar-refractivity contribution in [3.63, 3.8) is 0 Å². The average Bonchev–Trinajstić information content (AvgIpc) is 2.29. The number of aromatic carboxylic acids is 1. The Morgan fingerprint density at radius 3 is 2.88 bits per heavy atom. The highest BCUT2D eigenvalue weighted by atomic mass is 16.4. The molecule has 0 aromatic carbocycles. The highest BCUT2D eigenvalue weighted by Gasteiger charge is 2.10. The molecule has 1 rings (SSSR count). The van der Waals surface area contributed by atoms with Gasteiger partial charge in [-0.1, -0.05) is 13.3 Å². The number of hydrogen-bond donors (Lipinski definition) is 1. The molecule has 1 aromatic heterocycles. The molecule has 0 aliphatic rings. The standard InChI is InChI=1S/C13H20N2O2/c1-4-5-10(2)15(3)9-11-6-7-14-12(8-11)13(16)17/h6-8,10H,4-5,9H2,1-3H3,(H,16,17). The Morgan fingerprint density at radius 2 is 2.29 bits per heavy atom. The molecule has 0 spiro atoms. The first-order valence-corrected chi connectivity index (χ1v) is 5.93. The molecule has 0 saturated heterocycles. The molecule has 0 bridgehead atoms. The Hall–Kier alpha value is -1.42. The fourth-order valence-electron chi connectivity index (χ4n) is 1.77. The molecule has 1 atom stereocenters. The molecule has 4 heteroatoms. The summed E-state index contributed by atoms with van der Waals surface area (Å²) in [5.74, 6) is -0.976. The van der Waals surface area contributed by atoms with Crippen LogP contribution in [0.25, 0.3) is 0 Å². The van der Waals surface area contributed by atoms with Gasteiger partial charge < -0.3 is 5.11 Å². The van der Waals surface area contributed by atoms with Crippen LogP contribution in [-0.2, 0) is 6.54 Å². The van der Waals surface area contributed by atoms with Crippen molar-refractivity contribution < 1.29 is 9.90 Å². The lowest BCUT2D eigenvalue weighted by Gasteiger charge is -2.24. The lowest BCUT2D eigenvalue weighted by molar-refractivity contribution is 0.0690. The van der Waals surface area contributed by atoms with E-state index in [0.717, 1.165) is 24.9 Å². The minimum Gasteiger partial charge on any atom is -0.477 e. The average molecular weight is 236 g/mol. The van der Waals surface area contributed by atoms with Gasteiger partial charge in [-0.05, 0) is 38.1 Å². The van der Waals surface area contributed by atoms with Crippen LogP contribution in [0.5, 0.6) is 0 Å². The minimum atomic E-state index is -0.976. The molecule has 94 valence electrons. The number of pyridine rings is 1. The van der Waals surface area contributed by atoms with Crippen molar-refractivity contribution in [2.24, 2.45) is 0 Å². The lowest BCUT2D eigenvalue weighted by atomic mass is 10.1. The van der Waals surface area contributed by atoms with Gasteiger partial charge in [0, 0.05) is 18.8 Å². The monoisotopic (exact) mass is 236 g/mol. The predicted molar refractivity (Wildman–Crippen MR) is 67.0 cm³/mol. The van der Waals surface area contributed by atoms with Crippen molar-refractivity contribution in [1.29, 1.82) is 0 Å². The number of carbonyl (C=O) groups is 1. The fourth-order valence-corrected chi connectivity index (χ4v) is 1.77. The van der Waals surface area contributed by atoms with Gasteiger partial charge in [-0.25, -0.2) is 9.78 Å². The molecular formula is C13H20N2O2. The summed E-state index contributed by atoms with van der Waals surface area (Å²) in [4.78, 5) is 16.8. The SMILES string of the molecule is CCCC(C)N(C)Cc1ccnc(C(=O)O)c1. The summed E-state index contributed by atoms with van der Waals surface area (Å²) < 4.78 is 0. The van der Waals surface area contributed by atoms with Gasteiger partial charge in [-0.3, -0.25) is 4.90 Å². The summed E-state index contributed by atoms with van der Waals surface area (Å²) in [5, 5.41) is 8.86. The van der Waals surface area contributed by atoms with Crippen LogP contribution in [0.2, 0.25) is 0 Å². The van der Waals surface area contributed by atoms with Crippen molar-refractivity contribution in [1.82, 2.24) is 9.88 Å². The Kier molecular flexibility index (Phi) is 5.10. The highest BCUT2D eigenvalue weighted by molar-refractivity contribution is 5.85. The third kappa shape index (κ3) is 4.15. The van der Waals surface area contributed by atoms with Gasteiger partial charge >= 0.3 is 5.97 Å². The zero-order valence-electron chi connectivity index (χ0n) is 10.7. The zero-order valence-corrected chi connectivity index (χ0v) is 10.7. The molecule has 1 heterocycles. The molecule has 1 aromatic rings. The van der Waals surface area contributed by atoms with Gasteiger partial charge in [0.05, 0.1) is 0 Å². The zero-order chi connectivity index (χ0) is 12.8. The van der Waals surface area contributed by atoms with E-state index in [1.54, 1.807) is 12.3 Å². The molecular weight excluding hydrogens is 216 g/mol. The van der Waals surface area contributed by atoms with Gasteiger partial charge in [0.1, 0.15) is 5.69 Å². The van der Waals surface area contributed by atoms with Crippen LogP contribution in [0.3, 0.4) is 0 Å². The second-order valence-corrected chi connectivity index (χ2v) is 4.41. The smallest absolute Gasteiger partial charge is 0.354 e. The number of rotatable bonds is 6. The molecule has 17 heavy (non-hydrogen) atoms. The first-order valence-electron chi connectivity index (χ1n) is 5.93. The van der Waals surface area contributed by atoms with Gasteiger partial charge in [-0.2, -0.15) is 0 Å². The van der Waals surface area contributed by atoms with Crippen molar-refractivity contribution in [3.05, 3.63) is 29.6 Å². The number of nitrogens with zero attached hydrogens (tertiary/aromatic N) is 2. The van der Waals surface area contributed by atoms with Gasteiger partial charge in [-0.15, -0.1) is 0 Å². The van der Waals surface area contributed by atoms with Crippen molar-refractivity contribution in [2.45, 2.75) is 39.3 Å². The van der Waals surface area contributed by atoms with E-state index < -0.39 is 5.97 Å². The molecule has 0 radical (unpaired) electrons. The van der Waals surface area contributed by atoms with Crippen LogP contribution >= 0.6 is 0 Å². The third-order valence-corrected chi connectivity index (χ3v) is 2.93. The van der Waals surface area contributed by atoms with E-state index in [2.05, 4.69) is 30.8 Å². The highest BCUT2D eigenvalue weighted by Crippen LogP contribution is 2.10. The quantitative estimate of drug-likeness (QED) is 0.824. The molecule has 0 aliphatic carbocycles. The van der Waals surface area contributed by atoms with Crippen molar-refractivity contribution >= 4 is 5.97 Å². The van der Waals surface area contributed by atoms with E-state index in [1.807, 2.05) is 6.07 Å². The Bertz CT molecular complexity index is 379. The summed E-state index contributed by atoms with van der Waals surface area (Å²) in [7, 11) is 2.06. The maximum Gasteiger partial charge on any atom is 0.354 e. The van der Waals surface area contributed by atoms with E-state index >= 15 is 0 Å². The molecule has 0 saturated carbocycles. The van der Waals surface area contributed by atoms with Crippen LogP contribution in [-0.4, -0.2) is 34.0 Å². The van der Waals surface area contributed by atoms with Crippen molar-refractivity contribution in [3.8, 4) is 0 Å². The van der Waals surface area contributed by atoms with E-state index in [9.17, 15) is 4.79 Å². The molecule has 0 amide bonds.